The number of hydrogen-bond donors (Lipinski definition) is 2. The van der Waals surface area contributed by atoms with Crippen LogP contribution in [0.3, 0.4) is 0 Å². The zero-order valence-corrected chi connectivity index (χ0v) is 10.4. The van der Waals surface area contributed by atoms with Crippen molar-refractivity contribution < 1.29 is 9.69 Å². The number of nitrogens with one attached hydrogen (secondary N) is 1. The highest BCUT2D eigenvalue weighted by Crippen LogP contribution is 2.22. The summed E-state index contributed by atoms with van der Waals surface area (Å²) in [5.74, 6) is 0.933. The summed E-state index contributed by atoms with van der Waals surface area (Å²) < 4.78 is 0. The molecule has 1 unspecified atom stereocenters. The van der Waals surface area contributed by atoms with E-state index >= 15 is 0 Å². The first-order valence-electron chi connectivity index (χ1n) is 6.80. The van der Waals surface area contributed by atoms with Gasteiger partial charge in [0.1, 0.15) is 0 Å². The molecule has 1 aliphatic heterocycles. The van der Waals surface area contributed by atoms with Crippen molar-refractivity contribution in [2.24, 2.45) is 17.6 Å². The van der Waals surface area contributed by atoms with Gasteiger partial charge in [-0.05, 0) is 31.6 Å². The van der Waals surface area contributed by atoms with Crippen molar-refractivity contribution in [1.29, 1.82) is 0 Å². The van der Waals surface area contributed by atoms with Crippen LogP contribution in [0.4, 0.5) is 0 Å². The van der Waals surface area contributed by atoms with Gasteiger partial charge in [-0.2, -0.15) is 0 Å². The lowest BCUT2D eigenvalue weighted by molar-refractivity contribution is -0.934. The molecule has 0 bridgehead atoms. The summed E-state index contributed by atoms with van der Waals surface area (Å²) in [6.45, 7) is 4.61. The third-order valence-corrected chi connectivity index (χ3v) is 4.48. The predicted octanol–water partition coefficient (Wildman–Crippen LogP) is 0.345. The van der Waals surface area contributed by atoms with Gasteiger partial charge in [-0.15, -0.1) is 0 Å². The van der Waals surface area contributed by atoms with Crippen LogP contribution in [0.25, 0.3) is 0 Å². The molecule has 0 aromatic carbocycles. The highest BCUT2D eigenvalue weighted by atomic mass is 16.1. The van der Waals surface area contributed by atoms with Crippen molar-refractivity contribution in [2.75, 3.05) is 13.1 Å². The first-order chi connectivity index (χ1) is 7.66. The van der Waals surface area contributed by atoms with Crippen LogP contribution in [0.15, 0.2) is 0 Å². The first-order valence-corrected chi connectivity index (χ1v) is 6.80. The van der Waals surface area contributed by atoms with Crippen molar-refractivity contribution in [2.45, 2.75) is 51.5 Å². The van der Waals surface area contributed by atoms with Crippen LogP contribution in [0, 0.1) is 11.8 Å². The van der Waals surface area contributed by atoms with E-state index in [1.807, 2.05) is 0 Å². The molecule has 1 aliphatic carbocycles. The lowest BCUT2D eigenvalue weighted by Crippen LogP contribution is -3.17. The third-order valence-electron chi connectivity index (χ3n) is 4.48. The third kappa shape index (κ3) is 2.76. The quantitative estimate of drug-likeness (QED) is 0.700. The zero-order chi connectivity index (χ0) is 11.5. The number of likely N-dealkylation sites (tertiary alicyclic amines) is 1. The maximum atomic E-state index is 11.3. The molecule has 0 spiro atoms. The van der Waals surface area contributed by atoms with Gasteiger partial charge in [-0.1, -0.05) is 13.3 Å². The van der Waals surface area contributed by atoms with Crippen molar-refractivity contribution in [3.8, 4) is 0 Å². The van der Waals surface area contributed by atoms with Crippen LogP contribution in [-0.4, -0.2) is 25.0 Å². The van der Waals surface area contributed by atoms with Crippen LogP contribution < -0.4 is 10.6 Å². The molecular weight excluding hydrogens is 200 g/mol. The fraction of sp³-hybridized carbons (Fsp3) is 0.923. The molecule has 1 heterocycles. The van der Waals surface area contributed by atoms with Crippen LogP contribution >= 0.6 is 0 Å². The van der Waals surface area contributed by atoms with E-state index in [2.05, 4.69) is 6.92 Å². The maximum Gasteiger partial charge on any atom is 0.226 e. The number of piperidine rings is 1. The Morgan fingerprint density at radius 3 is 2.75 bits per heavy atom. The molecule has 3 heteroatoms. The van der Waals surface area contributed by atoms with E-state index in [9.17, 15) is 4.79 Å². The Labute approximate surface area is 98.4 Å². The second-order valence-corrected chi connectivity index (χ2v) is 5.82. The van der Waals surface area contributed by atoms with Crippen LogP contribution in [0.5, 0.6) is 0 Å². The molecule has 16 heavy (non-hydrogen) atoms. The second-order valence-electron chi connectivity index (χ2n) is 5.82. The molecule has 0 aromatic rings. The van der Waals surface area contributed by atoms with Gasteiger partial charge in [0.25, 0.3) is 0 Å². The summed E-state index contributed by atoms with van der Waals surface area (Å²) in [5, 5.41) is 0. The minimum Gasteiger partial charge on any atom is -0.369 e. The average molecular weight is 225 g/mol. The molecule has 4 atom stereocenters. The molecule has 0 radical (unpaired) electrons. The van der Waals surface area contributed by atoms with Gasteiger partial charge in [0.15, 0.2) is 0 Å². The molecule has 1 saturated heterocycles. The van der Waals surface area contributed by atoms with Crippen LogP contribution in [-0.2, 0) is 4.79 Å². The van der Waals surface area contributed by atoms with Gasteiger partial charge in [0, 0.05) is 6.42 Å². The summed E-state index contributed by atoms with van der Waals surface area (Å²) in [5.41, 5.74) is 5.43. The smallest absolute Gasteiger partial charge is 0.226 e. The molecular formula is C13H25N2O+. The van der Waals surface area contributed by atoms with Crippen molar-refractivity contribution in [1.82, 2.24) is 0 Å². The Balaban J connectivity index is 1.90. The lowest BCUT2D eigenvalue weighted by atomic mass is 9.84. The Morgan fingerprint density at radius 1 is 1.25 bits per heavy atom. The van der Waals surface area contributed by atoms with E-state index in [0.717, 1.165) is 24.9 Å². The van der Waals surface area contributed by atoms with E-state index in [-0.39, 0.29) is 11.8 Å². The normalized spacial score (nSPS) is 40.6. The average Bonchev–Trinajstić information content (AvgIpc) is 2.29. The number of quaternary nitrogens is 1. The van der Waals surface area contributed by atoms with E-state index in [0.29, 0.717) is 0 Å². The molecule has 3 N–H and O–H groups in total. The van der Waals surface area contributed by atoms with E-state index < -0.39 is 0 Å². The Hall–Kier alpha value is -0.570. The number of primary amides is 1. The first kappa shape index (κ1) is 11.9. The molecule has 2 aliphatic rings. The summed E-state index contributed by atoms with van der Waals surface area (Å²) >= 11 is 0. The number of amides is 1. The Morgan fingerprint density at radius 2 is 2.06 bits per heavy atom. The van der Waals surface area contributed by atoms with Crippen molar-refractivity contribution in [3.05, 3.63) is 0 Å². The fourth-order valence-electron chi connectivity index (χ4n) is 3.51. The number of carbonyl (C=O) groups excluding carboxylic acids is 1. The van der Waals surface area contributed by atoms with E-state index in [1.54, 1.807) is 4.90 Å². The largest absolute Gasteiger partial charge is 0.369 e. The topological polar surface area (TPSA) is 47.5 Å². The summed E-state index contributed by atoms with van der Waals surface area (Å²) in [4.78, 5) is 12.9. The molecule has 1 amide bonds. The molecule has 2 rings (SSSR count). The lowest BCUT2D eigenvalue weighted by Gasteiger charge is -2.37. The summed E-state index contributed by atoms with van der Waals surface area (Å²) in [7, 11) is 0. The summed E-state index contributed by atoms with van der Waals surface area (Å²) in [6, 6.07) is 0.797. The highest BCUT2D eigenvalue weighted by molar-refractivity contribution is 5.76. The van der Waals surface area contributed by atoms with E-state index in [4.69, 9.17) is 5.73 Å². The number of rotatable bonds is 2. The Bertz CT molecular complexity index is 254. The van der Waals surface area contributed by atoms with Crippen molar-refractivity contribution >= 4 is 5.91 Å². The highest BCUT2D eigenvalue weighted by Gasteiger charge is 2.33. The molecule has 2 fully saturated rings. The monoisotopic (exact) mass is 225 g/mol. The van der Waals surface area contributed by atoms with Gasteiger partial charge in [-0.3, -0.25) is 4.79 Å². The van der Waals surface area contributed by atoms with Gasteiger partial charge in [0.05, 0.1) is 25.0 Å². The standard InChI is InChI=1S/C13H24N2O/c1-10-4-2-6-12(8-10)15-7-3-5-11(9-15)13(14)16/h10-12H,2-9H2,1H3,(H2,14,16)/p+1/t10-,11+,12+/m1/s1. The van der Waals surface area contributed by atoms with Crippen LogP contribution in [0.1, 0.15) is 45.4 Å². The van der Waals surface area contributed by atoms with E-state index in [1.165, 1.54) is 38.6 Å². The molecule has 3 nitrogen and oxygen atoms in total. The number of carbonyl (C=O) groups is 1. The second kappa shape index (κ2) is 5.17. The predicted molar refractivity (Wildman–Crippen MR) is 64.0 cm³/mol. The minimum absolute atomic E-state index is 0.0824. The van der Waals surface area contributed by atoms with Gasteiger partial charge in [-0.25, -0.2) is 0 Å². The van der Waals surface area contributed by atoms with Gasteiger partial charge in [0.2, 0.25) is 5.91 Å². The Kier molecular flexibility index (Phi) is 3.85. The summed E-state index contributed by atoms with van der Waals surface area (Å²) in [6.07, 6.45) is 7.65. The molecule has 1 saturated carbocycles. The minimum atomic E-state index is -0.0824. The maximum absolute atomic E-state index is 11.3. The van der Waals surface area contributed by atoms with Gasteiger partial charge < -0.3 is 10.6 Å². The molecule has 0 aromatic heterocycles. The number of nitrogens with two attached hydrogens (primary N) is 1. The SMILES string of the molecule is C[C@@H]1CCC[C@H]([NH+]2CCC[C@H](C(N)=O)C2)C1. The van der Waals surface area contributed by atoms with Crippen LogP contribution in [0.2, 0.25) is 0 Å². The fourth-order valence-corrected chi connectivity index (χ4v) is 3.51. The molecule has 92 valence electrons. The van der Waals surface area contributed by atoms with Gasteiger partial charge >= 0.3 is 0 Å². The van der Waals surface area contributed by atoms with Crippen molar-refractivity contribution in [3.63, 3.8) is 0 Å². The zero-order valence-electron chi connectivity index (χ0n) is 10.4. The number of hydrogen-bond acceptors (Lipinski definition) is 1.